The number of aryl methyl sites for hydroxylation is 1. The van der Waals surface area contributed by atoms with Gasteiger partial charge in [-0.3, -0.25) is 0 Å². The van der Waals surface area contributed by atoms with Crippen molar-refractivity contribution in [1.82, 2.24) is 14.2 Å². The Balaban J connectivity index is 1.74. The van der Waals surface area contributed by atoms with E-state index in [1.54, 1.807) is 12.1 Å². The Morgan fingerprint density at radius 3 is 2.06 bits per heavy atom. The van der Waals surface area contributed by atoms with Crippen LogP contribution >= 0.6 is 23.2 Å². The van der Waals surface area contributed by atoms with Crippen LogP contribution in [0.4, 0.5) is 5.95 Å². The van der Waals surface area contributed by atoms with E-state index in [0.29, 0.717) is 28.0 Å². The van der Waals surface area contributed by atoms with Crippen molar-refractivity contribution in [2.75, 3.05) is 5.32 Å². The topological polar surface area (TPSA) is 76.9 Å². The van der Waals surface area contributed by atoms with E-state index < -0.39 is 10.0 Å². The first-order valence-corrected chi connectivity index (χ1v) is 11.6. The maximum Gasteiger partial charge on any atom is 0.286 e. The minimum atomic E-state index is -3.99. The van der Waals surface area contributed by atoms with Gasteiger partial charge in [-0.05, 0) is 48.9 Å². The van der Waals surface area contributed by atoms with E-state index >= 15 is 0 Å². The second kappa shape index (κ2) is 8.70. The van der Waals surface area contributed by atoms with Gasteiger partial charge in [0.15, 0.2) is 5.82 Å². The molecule has 0 unspecified atom stereocenters. The van der Waals surface area contributed by atoms with E-state index in [1.807, 2.05) is 43.3 Å². The quantitative estimate of drug-likeness (QED) is 0.405. The van der Waals surface area contributed by atoms with Crippen LogP contribution in [0.2, 0.25) is 10.0 Å². The molecule has 31 heavy (non-hydrogen) atoms. The van der Waals surface area contributed by atoms with Crippen LogP contribution < -0.4 is 5.32 Å². The number of hydrogen-bond donors (Lipinski definition) is 1. The molecule has 0 bridgehead atoms. The Bertz CT molecular complexity index is 1300. The average molecular weight is 473 g/mol. The lowest BCUT2D eigenvalue weighted by molar-refractivity contribution is 0.580. The van der Waals surface area contributed by atoms with Crippen LogP contribution in [0, 0.1) is 6.92 Å². The van der Waals surface area contributed by atoms with Crippen molar-refractivity contribution in [2.24, 2.45) is 0 Å². The molecule has 0 radical (unpaired) electrons. The minimum absolute atomic E-state index is 0.0619. The van der Waals surface area contributed by atoms with Crippen LogP contribution in [0.15, 0.2) is 77.7 Å². The summed E-state index contributed by atoms with van der Waals surface area (Å²) in [5.41, 5.74) is 2.71. The van der Waals surface area contributed by atoms with Crippen molar-refractivity contribution in [3.05, 3.63) is 94.0 Å². The first-order chi connectivity index (χ1) is 14.8. The summed E-state index contributed by atoms with van der Waals surface area (Å²) in [5.74, 6) is 0.414. The number of nitrogens with one attached hydrogen (secondary N) is 1. The molecule has 1 N–H and O–H groups in total. The number of aromatic nitrogens is 3. The molecule has 0 spiro atoms. The maximum absolute atomic E-state index is 13.3. The van der Waals surface area contributed by atoms with Gasteiger partial charge in [0.25, 0.3) is 10.0 Å². The van der Waals surface area contributed by atoms with E-state index in [0.717, 1.165) is 15.2 Å². The molecule has 6 nitrogen and oxygen atoms in total. The van der Waals surface area contributed by atoms with Crippen molar-refractivity contribution in [3.8, 4) is 11.4 Å². The summed E-state index contributed by atoms with van der Waals surface area (Å²) in [6.45, 7) is 2.32. The van der Waals surface area contributed by atoms with Crippen molar-refractivity contribution < 1.29 is 8.42 Å². The normalized spacial score (nSPS) is 11.5. The largest absolute Gasteiger partial charge is 0.349 e. The number of anilines is 1. The molecule has 158 valence electrons. The summed E-state index contributed by atoms with van der Waals surface area (Å²) in [5, 5.41) is 8.45. The molecular formula is C22H18Cl2N4O2S. The zero-order valence-corrected chi connectivity index (χ0v) is 18.8. The van der Waals surface area contributed by atoms with E-state index in [1.165, 1.54) is 24.3 Å². The van der Waals surface area contributed by atoms with Crippen LogP contribution in [0.25, 0.3) is 11.4 Å². The van der Waals surface area contributed by atoms with E-state index in [9.17, 15) is 8.42 Å². The number of halogens is 2. The van der Waals surface area contributed by atoms with Crippen LogP contribution in [-0.4, -0.2) is 22.6 Å². The van der Waals surface area contributed by atoms with Crippen molar-refractivity contribution in [2.45, 2.75) is 18.4 Å². The Morgan fingerprint density at radius 1 is 0.871 bits per heavy atom. The smallest absolute Gasteiger partial charge is 0.286 e. The van der Waals surface area contributed by atoms with Gasteiger partial charge in [0.05, 0.1) is 4.90 Å². The molecule has 4 rings (SSSR count). The van der Waals surface area contributed by atoms with Crippen LogP contribution in [0.3, 0.4) is 0 Å². The lowest BCUT2D eigenvalue weighted by atomic mass is 10.1. The van der Waals surface area contributed by atoms with Gasteiger partial charge in [-0.1, -0.05) is 65.2 Å². The monoisotopic (exact) mass is 472 g/mol. The first-order valence-electron chi connectivity index (χ1n) is 9.36. The summed E-state index contributed by atoms with van der Waals surface area (Å²) < 4.78 is 27.5. The molecule has 0 amide bonds. The van der Waals surface area contributed by atoms with Gasteiger partial charge < -0.3 is 5.32 Å². The summed E-state index contributed by atoms with van der Waals surface area (Å²) in [4.78, 5) is 4.52. The highest BCUT2D eigenvalue weighted by atomic mass is 35.5. The van der Waals surface area contributed by atoms with Gasteiger partial charge in [0.2, 0.25) is 5.95 Å². The van der Waals surface area contributed by atoms with Gasteiger partial charge in [0, 0.05) is 22.2 Å². The highest BCUT2D eigenvalue weighted by molar-refractivity contribution is 7.90. The number of hydrogen-bond acceptors (Lipinski definition) is 5. The molecule has 3 aromatic carbocycles. The molecule has 0 saturated carbocycles. The number of rotatable bonds is 6. The average Bonchev–Trinajstić information content (AvgIpc) is 3.19. The fourth-order valence-electron chi connectivity index (χ4n) is 2.89. The SMILES string of the molecule is Cc1ccc(-c2nc(NCc3ccc(Cl)cc3)n(S(=O)(=O)c3ccc(Cl)cc3)n2)cc1. The van der Waals surface area contributed by atoms with E-state index in [2.05, 4.69) is 15.4 Å². The molecule has 1 aromatic heterocycles. The van der Waals surface area contributed by atoms with Gasteiger partial charge in [-0.2, -0.15) is 13.4 Å². The highest BCUT2D eigenvalue weighted by Crippen LogP contribution is 2.24. The highest BCUT2D eigenvalue weighted by Gasteiger charge is 2.24. The molecule has 4 aromatic rings. The zero-order valence-electron chi connectivity index (χ0n) is 16.5. The third kappa shape index (κ3) is 4.74. The Labute approximate surface area is 190 Å². The van der Waals surface area contributed by atoms with Crippen LogP contribution in [0.5, 0.6) is 0 Å². The molecule has 9 heteroatoms. The second-order valence-corrected chi connectivity index (χ2v) is 9.55. The van der Waals surface area contributed by atoms with Gasteiger partial charge >= 0.3 is 0 Å². The van der Waals surface area contributed by atoms with E-state index in [-0.39, 0.29) is 10.8 Å². The molecule has 0 fully saturated rings. The molecule has 0 aliphatic heterocycles. The molecule has 0 aliphatic rings. The summed E-state index contributed by atoms with van der Waals surface area (Å²) in [7, 11) is -3.99. The van der Waals surface area contributed by atoms with E-state index in [4.69, 9.17) is 23.2 Å². The minimum Gasteiger partial charge on any atom is -0.349 e. The summed E-state index contributed by atoms with van der Waals surface area (Å²) in [6.07, 6.45) is 0. The molecule has 0 atom stereocenters. The lowest BCUT2D eigenvalue weighted by Gasteiger charge is -2.09. The van der Waals surface area contributed by atoms with Crippen molar-refractivity contribution >= 4 is 39.2 Å². The second-order valence-electron chi connectivity index (χ2n) is 6.91. The summed E-state index contributed by atoms with van der Waals surface area (Å²) in [6, 6.07) is 20.7. The van der Waals surface area contributed by atoms with Gasteiger partial charge in [-0.15, -0.1) is 9.19 Å². The fourth-order valence-corrected chi connectivity index (χ4v) is 4.34. The number of nitrogens with zero attached hydrogens (tertiary/aromatic N) is 3. The number of benzene rings is 3. The summed E-state index contributed by atoms with van der Waals surface area (Å²) >= 11 is 11.9. The zero-order chi connectivity index (χ0) is 22.0. The molecule has 0 aliphatic carbocycles. The molecule has 1 heterocycles. The predicted molar refractivity (Wildman–Crippen MR) is 123 cm³/mol. The Kier molecular flexibility index (Phi) is 6.00. The molecular weight excluding hydrogens is 455 g/mol. The van der Waals surface area contributed by atoms with Crippen molar-refractivity contribution in [3.63, 3.8) is 0 Å². The van der Waals surface area contributed by atoms with Crippen molar-refractivity contribution in [1.29, 1.82) is 0 Å². The van der Waals surface area contributed by atoms with Gasteiger partial charge in [-0.25, -0.2) is 0 Å². The fraction of sp³-hybridized carbons (Fsp3) is 0.0909. The molecule has 0 saturated heterocycles. The lowest BCUT2D eigenvalue weighted by Crippen LogP contribution is -2.18. The third-order valence-corrected chi connectivity index (χ3v) is 6.67. The third-order valence-electron chi connectivity index (χ3n) is 4.59. The Hall–Kier alpha value is -2.87. The van der Waals surface area contributed by atoms with Gasteiger partial charge in [0.1, 0.15) is 0 Å². The predicted octanol–water partition coefficient (Wildman–Crippen LogP) is 5.41. The standard InChI is InChI=1S/C22H18Cl2N4O2S/c1-15-2-6-17(7-3-15)21-26-22(25-14-16-4-8-18(23)9-5-16)28(27-21)31(29,30)20-12-10-19(24)11-13-20/h2-13H,14H2,1H3,(H,25,26,27). The Morgan fingerprint density at radius 2 is 1.45 bits per heavy atom. The van der Waals surface area contributed by atoms with Crippen LogP contribution in [0.1, 0.15) is 11.1 Å². The first kappa shape index (κ1) is 21.4. The maximum atomic E-state index is 13.3. The van der Waals surface area contributed by atoms with Crippen LogP contribution in [-0.2, 0) is 16.6 Å².